The van der Waals surface area contributed by atoms with E-state index in [1.54, 1.807) is 13.0 Å². The zero-order valence-electron chi connectivity index (χ0n) is 10.1. The second-order valence-corrected chi connectivity index (χ2v) is 4.55. The maximum absolute atomic E-state index is 11.8. The molecule has 0 radical (unpaired) electrons. The largest absolute Gasteiger partial charge is 0.411 e. The van der Waals surface area contributed by atoms with Crippen molar-refractivity contribution in [2.24, 2.45) is 0 Å². The number of amides is 1. The fraction of sp³-hybridized carbons (Fsp3) is 0.455. The molecule has 0 aliphatic rings. The van der Waals surface area contributed by atoms with Crippen LogP contribution in [-0.4, -0.2) is 30.3 Å². The van der Waals surface area contributed by atoms with E-state index in [2.05, 4.69) is 31.0 Å². The number of hydrogen-bond acceptors (Lipinski definition) is 3. The van der Waals surface area contributed by atoms with Gasteiger partial charge in [0.2, 0.25) is 5.91 Å². The molecule has 0 saturated carbocycles. The van der Waals surface area contributed by atoms with Gasteiger partial charge in [0, 0.05) is 0 Å². The van der Waals surface area contributed by atoms with Crippen molar-refractivity contribution in [1.82, 2.24) is 4.98 Å². The Balaban J connectivity index is 2.33. The summed E-state index contributed by atoms with van der Waals surface area (Å²) in [6.45, 7) is 0.173. The zero-order chi connectivity index (χ0) is 14.5. The van der Waals surface area contributed by atoms with Crippen LogP contribution in [-0.2, 0) is 9.53 Å². The Morgan fingerprint density at radius 1 is 1.53 bits per heavy atom. The first-order valence-corrected chi connectivity index (χ1v) is 6.14. The lowest BCUT2D eigenvalue weighted by Crippen LogP contribution is -2.20. The number of alkyl halides is 3. The van der Waals surface area contributed by atoms with Crippen molar-refractivity contribution in [2.75, 3.05) is 18.5 Å². The van der Waals surface area contributed by atoms with Crippen molar-refractivity contribution in [1.29, 1.82) is 0 Å². The van der Waals surface area contributed by atoms with Crippen LogP contribution in [0.5, 0.6) is 0 Å². The van der Waals surface area contributed by atoms with Gasteiger partial charge in [-0.15, -0.1) is 0 Å². The minimum absolute atomic E-state index is 0.148. The molecule has 0 unspecified atom stereocenters. The Morgan fingerprint density at radius 3 is 2.79 bits per heavy atom. The summed E-state index contributed by atoms with van der Waals surface area (Å²) in [6, 6.07) is 1.70. The van der Waals surface area contributed by atoms with Crippen LogP contribution in [0.2, 0.25) is 0 Å². The van der Waals surface area contributed by atoms with E-state index in [1.165, 1.54) is 6.20 Å². The van der Waals surface area contributed by atoms with Gasteiger partial charge in [0.25, 0.3) is 0 Å². The highest BCUT2D eigenvalue weighted by Crippen LogP contribution is 2.17. The lowest BCUT2D eigenvalue weighted by molar-refractivity contribution is -0.174. The molecular formula is C11H12BrF3N2O2. The first kappa shape index (κ1) is 15.9. The van der Waals surface area contributed by atoms with E-state index in [0.29, 0.717) is 10.3 Å². The maximum Gasteiger partial charge on any atom is 0.411 e. The molecule has 1 N–H and O–H groups in total. The van der Waals surface area contributed by atoms with Gasteiger partial charge in [-0.25, -0.2) is 4.98 Å². The molecule has 4 nitrogen and oxygen atoms in total. The predicted molar refractivity (Wildman–Crippen MR) is 66.8 cm³/mol. The molecule has 19 heavy (non-hydrogen) atoms. The minimum Gasteiger partial charge on any atom is -0.372 e. The highest BCUT2D eigenvalue weighted by Gasteiger charge is 2.27. The van der Waals surface area contributed by atoms with Crippen molar-refractivity contribution in [3.8, 4) is 0 Å². The molecule has 1 rings (SSSR count). The van der Waals surface area contributed by atoms with Gasteiger partial charge in [-0.2, -0.15) is 13.2 Å². The topological polar surface area (TPSA) is 51.2 Å². The Kier molecular flexibility index (Phi) is 5.74. The van der Waals surface area contributed by atoms with E-state index < -0.39 is 18.7 Å². The molecule has 0 aliphatic carbocycles. The number of rotatable bonds is 5. The lowest BCUT2D eigenvalue weighted by Gasteiger charge is -2.08. The first-order valence-electron chi connectivity index (χ1n) is 5.34. The number of hydrogen-bond donors (Lipinski definition) is 1. The summed E-state index contributed by atoms with van der Waals surface area (Å²) in [4.78, 5) is 15.4. The van der Waals surface area contributed by atoms with Crippen LogP contribution in [0.25, 0.3) is 0 Å². The average Bonchev–Trinajstić information content (AvgIpc) is 2.28. The number of carbonyl (C=O) groups is 1. The predicted octanol–water partition coefficient (Wildman–Crippen LogP) is 3.06. The number of nitrogens with one attached hydrogen (secondary N) is 1. The van der Waals surface area contributed by atoms with Gasteiger partial charge in [-0.05, 0) is 34.5 Å². The van der Waals surface area contributed by atoms with Crippen molar-refractivity contribution in [2.45, 2.75) is 19.5 Å². The molecule has 0 bridgehead atoms. The highest BCUT2D eigenvalue weighted by atomic mass is 79.9. The third-order valence-electron chi connectivity index (χ3n) is 2.04. The number of pyridine rings is 1. The standard InChI is InChI=1S/C11H12BrF3N2O2/c1-7-4-8(5-16-10(7)12)17-9(18)2-3-19-6-11(13,14)15/h4-5H,2-3,6H2,1H3,(H,17,18). The molecule has 0 aliphatic heterocycles. The quantitative estimate of drug-likeness (QED) is 0.662. The number of nitrogens with zero attached hydrogens (tertiary/aromatic N) is 1. The van der Waals surface area contributed by atoms with Gasteiger partial charge in [0.05, 0.1) is 24.9 Å². The van der Waals surface area contributed by atoms with Gasteiger partial charge in [-0.1, -0.05) is 0 Å². The summed E-state index contributed by atoms with van der Waals surface area (Å²) in [7, 11) is 0. The summed E-state index contributed by atoms with van der Waals surface area (Å²) in [5.74, 6) is -0.425. The van der Waals surface area contributed by atoms with E-state index in [-0.39, 0.29) is 13.0 Å². The van der Waals surface area contributed by atoms with E-state index in [0.717, 1.165) is 5.56 Å². The molecule has 1 aromatic heterocycles. The first-order chi connectivity index (χ1) is 8.78. The number of carbonyl (C=O) groups excluding carboxylic acids is 1. The molecular weight excluding hydrogens is 329 g/mol. The summed E-state index contributed by atoms with van der Waals surface area (Å²) in [5, 5.41) is 2.52. The van der Waals surface area contributed by atoms with E-state index in [4.69, 9.17) is 0 Å². The molecule has 0 atom stereocenters. The third-order valence-corrected chi connectivity index (χ3v) is 2.87. The Morgan fingerprint density at radius 2 is 2.21 bits per heavy atom. The van der Waals surface area contributed by atoms with Crippen LogP contribution in [0.4, 0.5) is 18.9 Å². The maximum atomic E-state index is 11.8. The number of halogens is 4. The zero-order valence-corrected chi connectivity index (χ0v) is 11.6. The average molecular weight is 341 g/mol. The molecule has 1 aromatic rings. The molecule has 0 saturated heterocycles. The van der Waals surface area contributed by atoms with Crippen LogP contribution in [0.1, 0.15) is 12.0 Å². The minimum atomic E-state index is -4.37. The normalized spacial score (nSPS) is 11.4. The summed E-state index contributed by atoms with van der Waals surface area (Å²) >= 11 is 3.22. The number of aryl methyl sites for hydroxylation is 1. The summed E-state index contributed by atoms with van der Waals surface area (Å²) in [5.41, 5.74) is 1.33. The summed E-state index contributed by atoms with van der Waals surface area (Å²) < 4.78 is 40.3. The fourth-order valence-corrected chi connectivity index (χ4v) is 1.42. The van der Waals surface area contributed by atoms with Crippen LogP contribution in [0.15, 0.2) is 16.9 Å². The second kappa shape index (κ2) is 6.85. The molecule has 0 fully saturated rings. The lowest BCUT2D eigenvalue weighted by atomic mass is 10.3. The smallest absolute Gasteiger partial charge is 0.372 e. The molecule has 106 valence electrons. The van der Waals surface area contributed by atoms with Crippen molar-refractivity contribution in [3.05, 3.63) is 22.4 Å². The van der Waals surface area contributed by atoms with E-state index in [9.17, 15) is 18.0 Å². The Bertz CT molecular complexity index is 452. The molecule has 0 aromatic carbocycles. The van der Waals surface area contributed by atoms with E-state index in [1.807, 2.05) is 0 Å². The Labute approximate surface area is 116 Å². The number of aromatic nitrogens is 1. The van der Waals surface area contributed by atoms with Gasteiger partial charge < -0.3 is 10.1 Å². The SMILES string of the molecule is Cc1cc(NC(=O)CCOCC(F)(F)F)cnc1Br. The van der Waals surface area contributed by atoms with E-state index >= 15 is 0 Å². The molecule has 1 amide bonds. The monoisotopic (exact) mass is 340 g/mol. The number of ether oxygens (including phenoxy) is 1. The van der Waals surface area contributed by atoms with Crippen LogP contribution in [0, 0.1) is 6.92 Å². The van der Waals surface area contributed by atoms with Crippen molar-refractivity contribution in [3.63, 3.8) is 0 Å². The van der Waals surface area contributed by atoms with Crippen LogP contribution < -0.4 is 5.32 Å². The highest BCUT2D eigenvalue weighted by molar-refractivity contribution is 9.10. The van der Waals surface area contributed by atoms with Crippen molar-refractivity contribution < 1.29 is 22.7 Å². The van der Waals surface area contributed by atoms with Gasteiger partial charge >= 0.3 is 6.18 Å². The molecule has 0 spiro atoms. The molecule has 8 heteroatoms. The Hall–Kier alpha value is -1.15. The van der Waals surface area contributed by atoms with Crippen molar-refractivity contribution >= 4 is 27.5 Å². The van der Waals surface area contributed by atoms with Gasteiger partial charge in [0.1, 0.15) is 11.2 Å². The molecule has 1 heterocycles. The summed E-state index contributed by atoms with van der Waals surface area (Å²) in [6.07, 6.45) is -3.07. The number of anilines is 1. The van der Waals surface area contributed by atoms with Crippen LogP contribution in [0.3, 0.4) is 0 Å². The van der Waals surface area contributed by atoms with Gasteiger partial charge in [0.15, 0.2) is 0 Å². The third kappa shape index (κ3) is 6.53. The van der Waals surface area contributed by atoms with Gasteiger partial charge in [-0.3, -0.25) is 4.79 Å². The fourth-order valence-electron chi connectivity index (χ4n) is 1.20. The second-order valence-electron chi connectivity index (χ2n) is 3.80. The van der Waals surface area contributed by atoms with Crippen LogP contribution >= 0.6 is 15.9 Å².